The van der Waals surface area contributed by atoms with Gasteiger partial charge in [-0.15, -0.1) is 0 Å². The molecule has 1 heterocycles. The van der Waals surface area contributed by atoms with E-state index in [1.54, 1.807) is 0 Å². The van der Waals surface area contributed by atoms with Gasteiger partial charge in [-0.25, -0.2) is 0 Å². The van der Waals surface area contributed by atoms with Gasteiger partial charge in [0.05, 0.1) is 18.9 Å². The van der Waals surface area contributed by atoms with E-state index in [-0.39, 0.29) is 0 Å². The summed E-state index contributed by atoms with van der Waals surface area (Å²) in [7, 11) is 0. The number of hydrogen-bond acceptors (Lipinski definition) is 3. The lowest BCUT2D eigenvalue weighted by atomic mass is 9.97. The van der Waals surface area contributed by atoms with Crippen molar-refractivity contribution in [2.75, 3.05) is 39.4 Å². The van der Waals surface area contributed by atoms with Crippen LogP contribution in [0.2, 0.25) is 0 Å². The van der Waals surface area contributed by atoms with Crippen LogP contribution in [0.3, 0.4) is 0 Å². The van der Waals surface area contributed by atoms with E-state index < -0.39 is 0 Å². The van der Waals surface area contributed by atoms with Crippen LogP contribution in [0.15, 0.2) is 60.7 Å². The summed E-state index contributed by atoms with van der Waals surface area (Å²) in [5, 5.41) is 0. The van der Waals surface area contributed by atoms with Crippen molar-refractivity contribution in [3.05, 3.63) is 71.8 Å². The Morgan fingerprint density at radius 2 is 1.41 bits per heavy atom. The third-order valence-corrected chi connectivity index (χ3v) is 5.40. The molecule has 1 saturated heterocycles. The summed E-state index contributed by atoms with van der Waals surface area (Å²) in [6.07, 6.45) is 0. The monoisotopic (exact) mass is 380 g/mol. The third kappa shape index (κ3) is 4.57. The van der Waals surface area contributed by atoms with Crippen LogP contribution in [0.1, 0.15) is 25.0 Å². The molecule has 1 fully saturated rings. The van der Waals surface area contributed by atoms with E-state index in [9.17, 15) is 0 Å². The van der Waals surface area contributed by atoms with Crippen LogP contribution in [0, 0.1) is 0 Å². The number of nitrogens with zero attached hydrogens (tertiary/aromatic N) is 2. The molecule has 2 aromatic carbocycles. The number of rotatable bonds is 6. The molecule has 4 heteroatoms. The van der Waals surface area contributed by atoms with Gasteiger partial charge in [0, 0.05) is 31.8 Å². The predicted molar refractivity (Wildman–Crippen MR) is 118 cm³/mol. The van der Waals surface area contributed by atoms with Crippen molar-refractivity contribution in [1.29, 1.82) is 0 Å². The van der Waals surface area contributed by atoms with Gasteiger partial charge in [-0.05, 0) is 25.0 Å². The molecule has 0 aromatic heterocycles. The van der Waals surface area contributed by atoms with Gasteiger partial charge in [0.15, 0.2) is 0 Å². The molecule has 0 amide bonds. The predicted octanol–water partition coefficient (Wildman–Crippen LogP) is 4.56. The second-order valence-electron chi connectivity index (χ2n) is 6.53. The van der Waals surface area contributed by atoms with Gasteiger partial charge in [-0.3, -0.25) is 0 Å². The van der Waals surface area contributed by atoms with Crippen LogP contribution in [0.25, 0.3) is 11.3 Å². The molecule has 0 unspecified atom stereocenters. The molecule has 0 N–H and O–H groups in total. The maximum Gasteiger partial charge on any atom is 0.112 e. The molecule has 3 rings (SSSR count). The Balaban J connectivity index is 2.21. The van der Waals surface area contributed by atoms with E-state index in [4.69, 9.17) is 17.0 Å². The highest BCUT2D eigenvalue weighted by atomic mass is 32.1. The van der Waals surface area contributed by atoms with Gasteiger partial charge in [0.2, 0.25) is 0 Å². The van der Waals surface area contributed by atoms with E-state index in [0.29, 0.717) is 0 Å². The minimum atomic E-state index is 0.730. The fourth-order valence-corrected chi connectivity index (χ4v) is 3.91. The van der Waals surface area contributed by atoms with Crippen molar-refractivity contribution in [1.82, 2.24) is 9.80 Å². The molecule has 27 heavy (non-hydrogen) atoms. The van der Waals surface area contributed by atoms with Crippen molar-refractivity contribution in [3.8, 4) is 0 Å². The van der Waals surface area contributed by atoms with E-state index in [0.717, 1.165) is 50.0 Å². The average Bonchev–Trinajstić information content (AvgIpc) is 2.75. The molecular formula is C23H28N2OS. The van der Waals surface area contributed by atoms with Gasteiger partial charge < -0.3 is 14.5 Å². The molecule has 0 spiro atoms. The maximum atomic E-state index is 6.05. The Kier molecular flexibility index (Phi) is 7.02. The minimum absolute atomic E-state index is 0.730. The standard InChI is InChI=1S/C23H28N2OS/c1-3-24(4-2)22(20-13-9-6-10-14-20)21(19-11-7-5-8-12-19)23(27)25-15-17-26-18-16-25/h5-14H,3-4,15-18H2,1-2H3/b22-21-. The van der Waals surface area contributed by atoms with Crippen molar-refractivity contribution >= 4 is 28.5 Å². The van der Waals surface area contributed by atoms with E-state index in [1.165, 1.54) is 16.8 Å². The van der Waals surface area contributed by atoms with Crippen LogP contribution in [-0.4, -0.2) is 54.2 Å². The van der Waals surface area contributed by atoms with Crippen LogP contribution in [-0.2, 0) is 4.74 Å². The number of ether oxygens (including phenoxy) is 1. The van der Waals surface area contributed by atoms with Gasteiger partial charge in [0.25, 0.3) is 0 Å². The SMILES string of the molecule is CCN(CC)/C(=C(\C(=S)N1CCOCC1)c1ccccc1)c1ccccc1. The van der Waals surface area contributed by atoms with Crippen LogP contribution in [0.5, 0.6) is 0 Å². The van der Waals surface area contributed by atoms with Gasteiger partial charge in [0.1, 0.15) is 4.99 Å². The highest BCUT2D eigenvalue weighted by Crippen LogP contribution is 2.32. The molecule has 0 atom stereocenters. The summed E-state index contributed by atoms with van der Waals surface area (Å²) < 4.78 is 5.54. The summed E-state index contributed by atoms with van der Waals surface area (Å²) in [6, 6.07) is 21.2. The lowest BCUT2D eigenvalue weighted by Gasteiger charge is -2.34. The Bertz CT molecular complexity index is 763. The smallest absolute Gasteiger partial charge is 0.112 e. The largest absolute Gasteiger partial charge is 0.378 e. The summed E-state index contributed by atoms with van der Waals surface area (Å²) in [5.74, 6) is 0. The average molecular weight is 381 g/mol. The number of benzene rings is 2. The number of morpholine rings is 1. The van der Waals surface area contributed by atoms with Crippen molar-refractivity contribution in [2.24, 2.45) is 0 Å². The topological polar surface area (TPSA) is 15.7 Å². The van der Waals surface area contributed by atoms with Crippen LogP contribution < -0.4 is 0 Å². The van der Waals surface area contributed by atoms with E-state index in [2.05, 4.69) is 84.3 Å². The lowest BCUT2D eigenvalue weighted by Crippen LogP contribution is -2.41. The molecule has 0 bridgehead atoms. The summed E-state index contributed by atoms with van der Waals surface area (Å²) >= 11 is 6.05. The Hall–Kier alpha value is -2.17. The lowest BCUT2D eigenvalue weighted by molar-refractivity contribution is 0.0696. The quantitative estimate of drug-likeness (QED) is 0.415. The Labute approximate surface area is 168 Å². The molecule has 1 aliphatic heterocycles. The van der Waals surface area contributed by atoms with Gasteiger partial charge in [-0.2, -0.15) is 0 Å². The minimum Gasteiger partial charge on any atom is -0.378 e. The van der Waals surface area contributed by atoms with Gasteiger partial charge >= 0.3 is 0 Å². The molecule has 1 aliphatic rings. The Morgan fingerprint density at radius 1 is 0.889 bits per heavy atom. The second kappa shape index (κ2) is 9.67. The van der Waals surface area contributed by atoms with Crippen molar-refractivity contribution in [2.45, 2.75) is 13.8 Å². The fraction of sp³-hybridized carbons (Fsp3) is 0.348. The molecular weight excluding hydrogens is 352 g/mol. The molecule has 142 valence electrons. The maximum absolute atomic E-state index is 6.05. The van der Waals surface area contributed by atoms with E-state index in [1.807, 2.05) is 0 Å². The zero-order valence-electron chi connectivity index (χ0n) is 16.2. The molecule has 0 aliphatic carbocycles. The zero-order chi connectivity index (χ0) is 19.1. The molecule has 2 aromatic rings. The molecule has 3 nitrogen and oxygen atoms in total. The zero-order valence-corrected chi connectivity index (χ0v) is 17.0. The van der Waals surface area contributed by atoms with Crippen LogP contribution in [0.4, 0.5) is 0 Å². The van der Waals surface area contributed by atoms with Crippen molar-refractivity contribution < 1.29 is 4.74 Å². The molecule has 0 radical (unpaired) electrons. The second-order valence-corrected chi connectivity index (χ2v) is 6.92. The normalized spacial score (nSPS) is 15.3. The first-order valence-electron chi connectivity index (χ1n) is 9.73. The Morgan fingerprint density at radius 3 is 1.93 bits per heavy atom. The highest BCUT2D eigenvalue weighted by Gasteiger charge is 2.24. The first-order valence-corrected chi connectivity index (χ1v) is 10.1. The van der Waals surface area contributed by atoms with Crippen molar-refractivity contribution in [3.63, 3.8) is 0 Å². The summed E-state index contributed by atoms with van der Waals surface area (Å²) in [5.41, 5.74) is 4.72. The summed E-state index contributed by atoms with van der Waals surface area (Å²) in [4.78, 5) is 5.60. The molecule has 0 saturated carbocycles. The fourth-order valence-electron chi connectivity index (χ4n) is 3.51. The summed E-state index contributed by atoms with van der Waals surface area (Å²) in [6.45, 7) is 9.42. The third-order valence-electron chi connectivity index (χ3n) is 4.94. The van der Waals surface area contributed by atoms with Crippen LogP contribution >= 0.6 is 12.2 Å². The van der Waals surface area contributed by atoms with Gasteiger partial charge in [-0.1, -0.05) is 72.9 Å². The first-order chi connectivity index (χ1) is 13.3. The first kappa shape index (κ1) is 19.6. The number of thiocarbonyl (C=S) groups is 1. The van der Waals surface area contributed by atoms with E-state index >= 15 is 0 Å². The highest BCUT2D eigenvalue weighted by molar-refractivity contribution is 7.81. The number of hydrogen-bond donors (Lipinski definition) is 0.